The molecular weight excluding hydrogens is 228 g/mol. The van der Waals surface area contributed by atoms with Crippen molar-refractivity contribution in [2.75, 3.05) is 18.8 Å². The molecule has 0 amide bonds. The molecule has 1 aliphatic rings. The summed E-state index contributed by atoms with van der Waals surface area (Å²) in [6.07, 6.45) is 0. The van der Waals surface area contributed by atoms with E-state index in [1.807, 2.05) is 0 Å². The van der Waals surface area contributed by atoms with Gasteiger partial charge >= 0.3 is 0 Å². The third-order valence-electron chi connectivity index (χ3n) is 3.36. The molecule has 94 valence electrons. The summed E-state index contributed by atoms with van der Waals surface area (Å²) in [7, 11) is 0. The first-order chi connectivity index (χ1) is 8.19. The van der Waals surface area contributed by atoms with Crippen LogP contribution in [0.5, 0.6) is 0 Å². The fourth-order valence-electron chi connectivity index (χ4n) is 2.34. The lowest BCUT2D eigenvalue weighted by Gasteiger charge is -2.30. The van der Waals surface area contributed by atoms with Gasteiger partial charge in [-0.3, -0.25) is 4.90 Å². The Morgan fingerprint density at radius 2 is 2.29 bits per heavy atom. The predicted molar refractivity (Wildman–Crippen MR) is 76.3 cm³/mol. The van der Waals surface area contributed by atoms with E-state index in [2.05, 4.69) is 48.7 Å². The van der Waals surface area contributed by atoms with E-state index >= 15 is 0 Å². The third-order valence-corrected chi connectivity index (χ3v) is 4.50. The van der Waals surface area contributed by atoms with Gasteiger partial charge in [-0.15, -0.1) is 0 Å². The Morgan fingerprint density at radius 1 is 1.47 bits per heavy atom. The number of aryl methyl sites for hydroxylation is 1. The molecule has 17 heavy (non-hydrogen) atoms. The lowest BCUT2D eigenvalue weighted by atomic mass is 10.0. The zero-order chi connectivity index (χ0) is 12.3. The second-order valence-electron chi connectivity index (χ2n) is 4.88. The molecule has 0 saturated carbocycles. The first kappa shape index (κ1) is 12.9. The molecule has 0 aliphatic carbocycles. The van der Waals surface area contributed by atoms with Crippen molar-refractivity contribution in [3.05, 3.63) is 34.9 Å². The number of benzene rings is 1. The molecule has 2 N–H and O–H groups in total. The van der Waals surface area contributed by atoms with Crippen molar-refractivity contribution >= 4 is 11.8 Å². The molecule has 3 heteroatoms. The quantitative estimate of drug-likeness (QED) is 0.893. The first-order valence-electron chi connectivity index (χ1n) is 6.31. The largest absolute Gasteiger partial charge is 0.326 e. The number of nitrogens with zero attached hydrogens (tertiary/aromatic N) is 1. The second-order valence-corrected chi connectivity index (χ2v) is 6.43. The Kier molecular flexibility index (Phi) is 4.48. The van der Waals surface area contributed by atoms with Crippen LogP contribution in [0.15, 0.2) is 18.2 Å². The lowest BCUT2D eigenvalue weighted by molar-refractivity contribution is 0.278. The van der Waals surface area contributed by atoms with Gasteiger partial charge in [-0.2, -0.15) is 11.8 Å². The predicted octanol–water partition coefficient (Wildman–Crippen LogP) is 2.39. The minimum absolute atomic E-state index is 0.637. The minimum Gasteiger partial charge on any atom is -0.326 e. The fraction of sp³-hybridized carbons (Fsp3) is 0.571. The first-order valence-corrected chi connectivity index (χ1v) is 7.36. The van der Waals surface area contributed by atoms with Gasteiger partial charge in [-0.25, -0.2) is 0 Å². The Morgan fingerprint density at radius 3 is 2.94 bits per heavy atom. The molecule has 2 rings (SSSR count). The summed E-state index contributed by atoms with van der Waals surface area (Å²) in [6.45, 7) is 8.66. The summed E-state index contributed by atoms with van der Waals surface area (Å²) in [5.74, 6) is 1.26. The van der Waals surface area contributed by atoms with Gasteiger partial charge in [0.1, 0.15) is 0 Å². The molecule has 0 spiro atoms. The molecular formula is C14H22N2S. The maximum atomic E-state index is 5.66. The molecule has 1 atom stereocenters. The molecule has 1 fully saturated rings. The van der Waals surface area contributed by atoms with Gasteiger partial charge in [0.2, 0.25) is 0 Å². The van der Waals surface area contributed by atoms with Crippen LogP contribution in [0.2, 0.25) is 0 Å². The van der Waals surface area contributed by atoms with Crippen LogP contribution in [0, 0.1) is 6.92 Å². The highest BCUT2D eigenvalue weighted by molar-refractivity contribution is 7.99. The maximum Gasteiger partial charge on any atom is 0.0237 e. The van der Waals surface area contributed by atoms with Gasteiger partial charge in [0.25, 0.3) is 0 Å². The summed E-state index contributed by atoms with van der Waals surface area (Å²) < 4.78 is 0. The summed E-state index contributed by atoms with van der Waals surface area (Å²) in [6, 6.07) is 6.62. The van der Waals surface area contributed by atoms with E-state index in [0.29, 0.717) is 6.54 Å². The van der Waals surface area contributed by atoms with Crippen LogP contribution in [-0.2, 0) is 13.1 Å². The Hall–Kier alpha value is -0.510. The van der Waals surface area contributed by atoms with E-state index in [0.717, 1.165) is 11.8 Å². The molecule has 0 radical (unpaired) electrons. The van der Waals surface area contributed by atoms with E-state index < -0.39 is 0 Å². The molecule has 1 heterocycles. The van der Waals surface area contributed by atoms with Crippen LogP contribution in [0.1, 0.15) is 23.6 Å². The SMILES string of the molecule is Cc1cc(CN)ccc1CN1CCSC(C)C1. The van der Waals surface area contributed by atoms with Crippen molar-refractivity contribution in [2.45, 2.75) is 32.2 Å². The summed E-state index contributed by atoms with van der Waals surface area (Å²) in [5, 5.41) is 0.771. The van der Waals surface area contributed by atoms with Crippen LogP contribution >= 0.6 is 11.8 Å². The van der Waals surface area contributed by atoms with Gasteiger partial charge in [-0.1, -0.05) is 25.1 Å². The van der Waals surface area contributed by atoms with E-state index in [1.54, 1.807) is 0 Å². The van der Waals surface area contributed by atoms with E-state index in [-0.39, 0.29) is 0 Å². The number of rotatable bonds is 3. The number of nitrogens with two attached hydrogens (primary N) is 1. The summed E-state index contributed by atoms with van der Waals surface area (Å²) in [4.78, 5) is 2.56. The van der Waals surface area contributed by atoms with Crippen LogP contribution < -0.4 is 5.73 Å². The normalized spacial score (nSPS) is 21.7. The van der Waals surface area contributed by atoms with Gasteiger partial charge < -0.3 is 5.73 Å². The summed E-state index contributed by atoms with van der Waals surface area (Å²) in [5.41, 5.74) is 9.71. The monoisotopic (exact) mass is 250 g/mol. The Bertz CT molecular complexity index is 378. The van der Waals surface area contributed by atoms with Crippen molar-refractivity contribution in [1.82, 2.24) is 4.90 Å². The van der Waals surface area contributed by atoms with E-state index in [1.165, 1.54) is 35.5 Å². The highest BCUT2D eigenvalue weighted by Gasteiger charge is 2.17. The standard InChI is InChI=1S/C14H22N2S/c1-11-7-13(8-15)3-4-14(11)10-16-5-6-17-12(2)9-16/h3-4,7,12H,5-6,8-10,15H2,1-2H3. The fourth-order valence-corrected chi connectivity index (χ4v) is 3.42. The van der Waals surface area contributed by atoms with Crippen molar-refractivity contribution in [2.24, 2.45) is 5.73 Å². The zero-order valence-corrected chi connectivity index (χ0v) is 11.6. The second kappa shape index (κ2) is 5.89. The van der Waals surface area contributed by atoms with Crippen LogP contribution in [0.25, 0.3) is 0 Å². The Balaban J connectivity index is 2.02. The highest BCUT2D eigenvalue weighted by atomic mass is 32.2. The van der Waals surface area contributed by atoms with Crippen molar-refractivity contribution in [1.29, 1.82) is 0 Å². The number of hydrogen-bond donors (Lipinski definition) is 1. The van der Waals surface area contributed by atoms with E-state index in [9.17, 15) is 0 Å². The maximum absolute atomic E-state index is 5.66. The molecule has 1 aromatic rings. The number of thioether (sulfide) groups is 1. The van der Waals surface area contributed by atoms with E-state index in [4.69, 9.17) is 5.73 Å². The van der Waals surface area contributed by atoms with Crippen LogP contribution in [-0.4, -0.2) is 29.0 Å². The topological polar surface area (TPSA) is 29.3 Å². The number of hydrogen-bond acceptors (Lipinski definition) is 3. The van der Waals surface area contributed by atoms with Crippen molar-refractivity contribution in [3.63, 3.8) is 0 Å². The van der Waals surface area contributed by atoms with Gasteiger partial charge in [0.05, 0.1) is 0 Å². The van der Waals surface area contributed by atoms with Gasteiger partial charge in [-0.05, 0) is 23.6 Å². The molecule has 0 bridgehead atoms. The molecule has 2 nitrogen and oxygen atoms in total. The molecule has 1 unspecified atom stereocenters. The molecule has 1 saturated heterocycles. The smallest absolute Gasteiger partial charge is 0.0237 e. The van der Waals surface area contributed by atoms with Crippen molar-refractivity contribution < 1.29 is 0 Å². The minimum atomic E-state index is 0.637. The molecule has 1 aromatic carbocycles. The third kappa shape index (κ3) is 3.47. The lowest BCUT2D eigenvalue weighted by Crippen LogP contribution is -2.36. The highest BCUT2D eigenvalue weighted by Crippen LogP contribution is 2.21. The Labute approximate surface area is 109 Å². The average Bonchev–Trinajstić information content (AvgIpc) is 2.32. The van der Waals surface area contributed by atoms with Gasteiger partial charge in [0.15, 0.2) is 0 Å². The zero-order valence-electron chi connectivity index (χ0n) is 10.8. The van der Waals surface area contributed by atoms with Crippen molar-refractivity contribution in [3.8, 4) is 0 Å². The average molecular weight is 250 g/mol. The van der Waals surface area contributed by atoms with Crippen LogP contribution in [0.4, 0.5) is 0 Å². The van der Waals surface area contributed by atoms with Crippen LogP contribution in [0.3, 0.4) is 0 Å². The summed E-state index contributed by atoms with van der Waals surface area (Å²) >= 11 is 2.08. The molecule has 0 aromatic heterocycles. The molecule has 1 aliphatic heterocycles. The van der Waals surface area contributed by atoms with Gasteiger partial charge in [0, 0.05) is 37.2 Å².